The van der Waals surface area contributed by atoms with Crippen LogP contribution in [-0.4, -0.2) is 78.6 Å². The summed E-state index contributed by atoms with van der Waals surface area (Å²) in [6, 6.07) is 11.7. The van der Waals surface area contributed by atoms with E-state index in [1.54, 1.807) is 66.8 Å². The fraction of sp³-hybridized carbons (Fsp3) is 0.500. The van der Waals surface area contributed by atoms with Gasteiger partial charge in [0.15, 0.2) is 0 Å². The largest absolute Gasteiger partial charge is 0.444 e. The molecule has 10 heteroatoms. The smallest absolute Gasteiger partial charge is 0.410 e. The van der Waals surface area contributed by atoms with E-state index in [4.69, 9.17) is 4.74 Å². The molecule has 3 amide bonds. The maximum absolute atomic E-state index is 13.7. The molecule has 42 heavy (non-hydrogen) atoms. The Hall–Kier alpha value is -4.13. The Kier molecular flexibility index (Phi) is 10.6. The highest BCUT2D eigenvalue weighted by Gasteiger charge is 2.30. The second-order valence-electron chi connectivity index (χ2n) is 12.1. The van der Waals surface area contributed by atoms with Crippen LogP contribution in [0.1, 0.15) is 56.9 Å². The molecule has 0 fully saturated rings. The lowest BCUT2D eigenvalue weighted by Crippen LogP contribution is -2.48. The number of hydrogen-bond donors (Lipinski definition) is 1. The van der Waals surface area contributed by atoms with Crippen LogP contribution in [0.5, 0.6) is 0 Å². The van der Waals surface area contributed by atoms with E-state index in [9.17, 15) is 24.0 Å². The molecular weight excluding hydrogens is 537 g/mol. The highest BCUT2D eigenvalue weighted by atomic mass is 19.1. The van der Waals surface area contributed by atoms with E-state index in [-0.39, 0.29) is 55.9 Å². The molecule has 3 rings (SSSR count). The third kappa shape index (κ3) is 8.68. The molecule has 2 aromatic carbocycles. The number of carbonyl (C=O) groups is 3. The number of aryl methyl sites for hydroxylation is 1. The number of rotatable bonds is 10. The normalized spacial score (nSPS) is 14.1. The predicted molar refractivity (Wildman–Crippen MR) is 160 cm³/mol. The summed E-state index contributed by atoms with van der Waals surface area (Å²) in [5.41, 5.74) is 3.13. The van der Waals surface area contributed by atoms with Gasteiger partial charge in [-0.3, -0.25) is 9.59 Å². The molecule has 226 valence electrons. The van der Waals surface area contributed by atoms with Gasteiger partial charge in [-0.15, -0.1) is 0 Å². The van der Waals surface area contributed by atoms with Crippen molar-refractivity contribution < 1.29 is 23.5 Å². The van der Waals surface area contributed by atoms with Gasteiger partial charge in [-0.1, -0.05) is 12.1 Å². The van der Waals surface area contributed by atoms with E-state index in [2.05, 4.69) is 11.4 Å². The maximum Gasteiger partial charge on any atom is 0.410 e. The standard InChI is InChI=1S/C32H42FN5O4/c1-21(2)38(31(41)42-32(4,5)6)13-12-35-29(39)19-37(28-14-23(18-34)9-8-22(28)3)20-30(40)36(7)27-16-24-10-11-26(33)15-25(24)17-27/h8-11,14-15,21,27H,12-13,16-17,19-20H2,1-7H3,(H,35,39). The van der Waals surface area contributed by atoms with Gasteiger partial charge in [0.2, 0.25) is 11.8 Å². The minimum atomic E-state index is -0.638. The van der Waals surface area contributed by atoms with E-state index in [1.165, 1.54) is 12.1 Å². The lowest BCUT2D eigenvalue weighted by molar-refractivity contribution is -0.130. The second-order valence-corrected chi connectivity index (χ2v) is 12.1. The molecule has 0 bridgehead atoms. The summed E-state index contributed by atoms with van der Waals surface area (Å²) < 4.78 is 19.2. The molecule has 0 heterocycles. The number of nitrogens with one attached hydrogen (secondary N) is 1. The van der Waals surface area contributed by atoms with E-state index in [0.717, 1.165) is 16.7 Å². The first-order valence-corrected chi connectivity index (χ1v) is 14.2. The molecule has 1 unspecified atom stereocenters. The maximum atomic E-state index is 13.7. The molecule has 0 aliphatic heterocycles. The predicted octanol–water partition coefficient (Wildman–Crippen LogP) is 4.20. The zero-order valence-corrected chi connectivity index (χ0v) is 25.7. The van der Waals surface area contributed by atoms with Crippen LogP contribution in [0.25, 0.3) is 0 Å². The van der Waals surface area contributed by atoms with Crippen molar-refractivity contribution >= 4 is 23.6 Å². The molecule has 9 nitrogen and oxygen atoms in total. The summed E-state index contributed by atoms with van der Waals surface area (Å²) in [7, 11) is 1.73. The molecule has 0 saturated heterocycles. The van der Waals surface area contributed by atoms with Crippen molar-refractivity contribution in [2.24, 2.45) is 0 Å². The Morgan fingerprint density at radius 1 is 1.10 bits per heavy atom. The summed E-state index contributed by atoms with van der Waals surface area (Å²) >= 11 is 0. The van der Waals surface area contributed by atoms with Crippen molar-refractivity contribution in [3.63, 3.8) is 0 Å². The van der Waals surface area contributed by atoms with Crippen molar-refractivity contribution in [3.05, 3.63) is 64.5 Å². The summed E-state index contributed by atoms with van der Waals surface area (Å²) in [6.07, 6.45) is 0.733. The zero-order valence-electron chi connectivity index (χ0n) is 25.7. The Bertz CT molecular complexity index is 1350. The van der Waals surface area contributed by atoms with Crippen LogP contribution in [0.15, 0.2) is 36.4 Å². The van der Waals surface area contributed by atoms with Crippen LogP contribution in [0.4, 0.5) is 14.9 Å². The number of carbonyl (C=O) groups excluding carboxylic acids is 3. The van der Waals surface area contributed by atoms with Crippen molar-refractivity contribution in [1.82, 2.24) is 15.1 Å². The van der Waals surface area contributed by atoms with Gasteiger partial charge >= 0.3 is 6.09 Å². The molecule has 1 aliphatic carbocycles. The quantitative estimate of drug-likeness (QED) is 0.452. The number of ether oxygens (including phenoxy) is 1. The highest BCUT2D eigenvalue weighted by molar-refractivity contribution is 5.87. The topological polar surface area (TPSA) is 106 Å². The number of nitrogens with zero attached hydrogens (tertiary/aromatic N) is 4. The van der Waals surface area contributed by atoms with Crippen LogP contribution in [0.2, 0.25) is 0 Å². The van der Waals surface area contributed by atoms with Crippen molar-refractivity contribution in [2.75, 3.05) is 38.1 Å². The molecule has 1 aliphatic rings. The van der Waals surface area contributed by atoms with E-state index >= 15 is 0 Å². The van der Waals surface area contributed by atoms with Crippen LogP contribution < -0.4 is 10.2 Å². The average molecular weight is 580 g/mol. The first-order valence-electron chi connectivity index (χ1n) is 14.2. The van der Waals surface area contributed by atoms with E-state index in [0.29, 0.717) is 24.1 Å². The van der Waals surface area contributed by atoms with Gasteiger partial charge in [-0.05, 0) is 95.3 Å². The Morgan fingerprint density at radius 3 is 2.43 bits per heavy atom. The molecule has 1 N–H and O–H groups in total. The SMILES string of the molecule is Cc1ccc(C#N)cc1N(CC(=O)NCCN(C(=O)OC(C)(C)C)C(C)C)CC(=O)N(C)C1Cc2ccc(F)cc2C1. The van der Waals surface area contributed by atoms with Gasteiger partial charge in [0.05, 0.1) is 24.7 Å². The molecule has 0 aromatic heterocycles. The summed E-state index contributed by atoms with van der Waals surface area (Å²) in [5.74, 6) is -0.821. The fourth-order valence-electron chi connectivity index (χ4n) is 4.99. The minimum Gasteiger partial charge on any atom is -0.444 e. The molecule has 0 radical (unpaired) electrons. The molecule has 0 spiro atoms. The van der Waals surface area contributed by atoms with Gasteiger partial charge in [0.25, 0.3) is 0 Å². The molecule has 1 atom stereocenters. The van der Waals surface area contributed by atoms with Gasteiger partial charge < -0.3 is 24.8 Å². The van der Waals surface area contributed by atoms with Gasteiger partial charge in [0.1, 0.15) is 11.4 Å². The van der Waals surface area contributed by atoms with Gasteiger partial charge in [0, 0.05) is 37.9 Å². The second kappa shape index (κ2) is 13.7. The molecule has 2 aromatic rings. The van der Waals surface area contributed by atoms with E-state index in [1.807, 2.05) is 20.8 Å². The number of likely N-dealkylation sites (N-methyl/N-ethyl adjacent to an activating group) is 1. The Balaban J connectivity index is 1.70. The van der Waals surface area contributed by atoms with Crippen LogP contribution in [0.3, 0.4) is 0 Å². The molecular formula is C32H42FN5O4. The number of hydrogen-bond acceptors (Lipinski definition) is 6. The lowest BCUT2D eigenvalue weighted by atomic mass is 10.1. The average Bonchev–Trinajstić information content (AvgIpc) is 3.32. The number of anilines is 1. The number of fused-ring (bicyclic) bond motifs is 1. The summed E-state index contributed by atoms with van der Waals surface area (Å²) in [6.45, 7) is 11.3. The van der Waals surface area contributed by atoms with Gasteiger partial charge in [-0.2, -0.15) is 5.26 Å². The van der Waals surface area contributed by atoms with E-state index < -0.39 is 11.7 Å². The first-order chi connectivity index (χ1) is 19.7. The monoisotopic (exact) mass is 579 g/mol. The third-order valence-corrected chi connectivity index (χ3v) is 7.29. The third-order valence-electron chi connectivity index (χ3n) is 7.29. The number of benzene rings is 2. The van der Waals surface area contributed by atoms with Crippen molar-refractivity contribution in [2.45, 2.75) is 72.1 Å². The van der Waals surface area contributed by atoms with Crippen LogP contribution in [-0.2, 0) is 27.2 Å². The Morgan fingerprint density at radius 2 is 1.79 bits per heavy atom. The highest BCUT2D eigenvalue weighted by Crippen LogP contribution is 2.27. The van der Waals surface area contributed by atoms with Crippen LogP contribution >= 0.6 is 0 Å². The van der Waals surface area contributed by atoms with Crippen LogP contribution in [0, 0.1) is 24.1 Å². The number of halogens is 1. The summed E-state index contributed by atoms with van der Waals surface area (Å²) in [5, 5.41) is 12.3. The first kappa shape index (κ1) is 32.4. The lowest BCUT2D eigenvalue weighted by Gasteiger charge is -2.31. The van der Waals surface area contributed by atoms with Crippen molar-refractivity contribution in [1.29, 1.82) is 5.26 Å². The fourth-order valence-corrected chi connectivity index (χ4v) is 4.99. The number of nitriles is 1. The summed E-state index contributed by atoms with van der Waals surface area (Å²) in [4.78, 5) is 44.1. The van der Waals surface area contributed by atoms with Crippen molar-refractivity contribution in [3.8, 4) is 6.07 Å². The molecule has 0 saturated carbocycles. The zero-order chi connectivity index (χ0) is 31.2. The number of amides is 3. The minimum absolute atomic E-state index is 0.0864. The Labute approximate surface area is 248 Å². The van der Waals surface area contributed by atoms with Gasteiger partial charge in [-0.25, -0.2) is 9.18 Å².